The first-order chi connectivity index (χ1) is 14.9. The SMILES string of the molecule is C=C1c2cccc(O)c2C(O)=C2C(=O)[C@]3(O)C(O)=C(C(N)=O)C(=O)[C@@H](N(C)C)[C@H]3[C@H](O)[C@H]12. The van der Waals surface area contributed by atoms with Gasteiger partial charge in [0.15, 0.2) is 11.4 Å². The molecule has 5 atom stereocenters. The highest BCUT2D eigenvalue weighted by Crippen LogP contribution is 2.55. The number of hydrogen-bond acceptors (Lipinski definition) is 9. The third-order valence-electron chi connectivity index (χ3n) is 6.61. The van der Waals surface area contributed by atoms with E-state index in [2.05, 4.69) is 6.58 Å². The van der Waals surface area contributed by atoms with Gasteiger partial charge in [-0.05, 0) is 31.3 Å². The summed E-state index contributed by atoms with van der Waals surface area (Å²) in [4.78, 5) is 39.8. The number of hydrogen-bond donors (Lipinski definition) is 6. The fraction of sp³-hybridized carbons (Fsp3) is 0.318. The molecule has 1 amide bonds. The maximum absolute atomic E-state index is 13.6. The molecule has 1 saturated carbocycles. The summed E-state index contributed by atoms with van der Waals surface area (Å²) in [6, 6.07) is 2.89. The molecule has 0 aromatic heterocycles. The van der Waals surface area contributed by atoms with Crippen molar-refractivity contribution in [1.29, 1.82) is 0 Å². The van der Waals surface area contributed by atoms with Crippen LogP contribution in [-0.2, 0) is 14.4 Å². The topological polar surface area (TPSA) is 182 Å². The number of aromatic hydroxyl groups is 1. The molecule has 0 radical (unpaired) electrons. The van der Waals surface area contributed by atoms with Crippen LogP contribution in [0, 0.1) is 11.8 Å². The van der Waals surface area contributed by atoms with E-state index in [0.717, 1.165) is 0 Å². The number of carbonyl (C=O) groups excluding carboxylic acids is 3. The number of ketones is 2. The molecule has 0 spiro atoms. The monoisotopic (exact) mass is 442 g/mol. The van der Waals surface area contributed by atoms with Crippen molar-refractivity contribution in [2.75, 3.05) is 14.1 Å². The van der Waals surface area contributed by atoms with Gasteiger partial charge in [-0.1, -0.05) is 18.7 Å². The summed E-state index contributed by atoms with van der Waals surface area (Å²) in [7, 11) is 2.88. The molecule has 0 heterocycles. The molecule has 32 heavy (non-hydrogen) atoms. The lowest BCUT2D eigenvalue weighted by atomic mass is 9.55. The average molecular weight is 442 g/mol. The number of aliphatic hydroxyl groups excluding tert-OH is 3. The summed E-state index contributed by atoms with van der Waals surface area (Å²) in [6.45, 7) is 3.91. The molecule has 3 aliphatic rings. The van der Waals surface area contributed by atoms with Crippen LogP contribution in [-0.4, -0.2) is 79.7 Å². The van der Waals surface area contributed by atoms with Crippen LogP contribution in [0.1, 0.15) is 11.1 Å². The number of nitrogens with zero attached hydrogens (tertiary/aromatic N) is 1. The Kier molecular flexibility index (Phi) is 4.60. The summed E-state index contributed by atoms with van der Waals surface area (Å²) in [5.74, 6) is -8.78. The second-order valence-electron chi connectivity index (χ2n) is 8.44. The molecule has 0 unspecified atom stereocenters. The van der Waals surface area contributed by atoms with Gasteiger partial charge in [0.1, 0.15) is 22.8 Å². The minimum absolute atomic E-state index is 0.124. The lowest BCUT2D eigenvalue weighted by molar-refractivity contribution is -0.166. The Balaban J connectivity index is 2.08. The Morgan fingerprint density at radius 3 is 2.38 bits per heavy atom. The Hall–Kier alpha value is -3.47. The van der Waals surface area contributed by atoms with Gasteiger partial charge in [-0.15, -0.1) is 0 Å². The van der Waals surface area contributed by atoms with Gasteiger partial charge in [0.2, 0.25) is 5.78 Å². The number of benzene rings is 1. The lowest BCUT2D eigenvalue weighted by Crippen LogP contribution is -2.70. The van der Waals surface area contributed by atoms with Crippen LogP contribution < -0.4 is 5.73 Å². The number of carbonyl (C=O) groups is 3. The molecule has 3 aliphatic carbocycles. The molecular weight excluding hydrogens is 420 g/mol. The van der Waals surface area contributed by atoms with Crippen molar-refractivity contribution in [3.63, 3.8) is 0 Å². The number of nitrogens with two attached hydrogens (primary N) is 1. The summed E-state index contributed by atoms with van der Waals surface area (Å²) in [6.07, 6.45) is -1.69. The van der Waals surface area contributed by atoms with E-state index < -0.39 is 69.7 Å². The van der Waals surface area contributed by atoms with E-state index in [9.17, 15) is 39.9 Å². The van der Waals surface area contributed by atoms with Crippen LogP contribution in [0.2, 0.25) is 0 Å². The molecule has 1 aromatic rings. The van der Waals surface area contributed by atoms with Gasteiger partial charge < -0.3 is 31.3 Å². The fourth-order valence-corrected chi connectivity index (χ4v) is 5.21. The van der Waals surface area contributed by atoms with Crippen molar-refractivity contribution in [1.82, 2.24) is 4.90 Å². The second-order valence-corrected chi connectivity index (χ2v) is 8.44. The quantitative estimate of drug-likeness (QED) is 0.326. The van der Waals surface area contributed by atoms with Crippen LogP contribution in [0.5, 0.6) is 5.75 Å². The number of phenolic OH excluding ortho intramolecular Hbond substituents is 1. The van der Waals surface area contributed by atoms with Crippen molar-refractivity contribution in [2.45, 2.75) is 17.7 Å². The molecule has 10 nitrogen and oxygen atoms in total. The summed E-state index contributed by atoms with van der Waals surface area (Å²) in [5, 5.41) is 54.7. The van der Waals surface area contributed by atoms with E-state index in [1.54, 1.807) is 0 Å². The Bertz CT molecular complexity index is 1180. The molecule has 0 bridgehead atoms. The van der Waals surface area contributed by atoms with Crippen molar-refractivity contribution in [2.24, 2.45) is 17.6 Å². The first kappa shape index (κ1) is 21.8. The van der Waals surface area contributed by atoms with E-state index in [-0.39, 0.29) is 22.4 Å². The van der Waals surface area contributed by atoms with E-state index in [4.69, 9.17) is 5.73 Å². The maximum atomic E-state index is 13.6. The number of rotatable bonds is 2. The fourth-order valence-electron chi connectivity index (χ4n) is 5.21. The van der Waals surface area contributed by atoms with Crippen molar-refractivity contribution >= 4 is 28.8 Å². The molecule has 4 rings (SSSR count). The number of phenols is 1. The van der Waals surface area contributed by atoms with Crippen molar-refractivity contribution in [3.05, 3.63) is 52.8 Å². The number of amides is 1. The van der Waals surface area contributed by atoms with Gasteiger partial charge in [0.05, 0.1) is 29.2 Å². The molecule has 0 aliphatic heterocycles. The van der Waals surface area contributed by atoms with Gasteiger partial charge in [-0.3, -0.25) is 19.3 Å². The van der Waals surface area contributed by atoms with E-state index in [0.29, 0.717) is 0 Å². The highest BCUT2D eigenvalue weighted by atomic mass is 16.4. The van der Waals surface area contributed by atoms with Crippen LogP contribution in [0.3, 0.4) is 0 Å². The molecule has 1 aromatic carbocycles. The van der Waals surface area contributed by atoms with Gasteiger partial charge >= 0.3 is 0 Å². The highest BCUT2D eigenvalue weighted by molar-refractivity contribution is 6.25. The Morgan fingerprint density at radius 2 is 1.81 bits per heavy atom. The normalized spacial score (nSPS) is 32.1. The first-order valence-electron chi connectivity index (χ1n) is 9.71. The van der Waals surface area contributed by atoms with Gasteiger partial charge in [-0.2, -0.15) is 0 Å². The molecule has 1 fully saturated rings. The van der Waals surface area contributed by atoms with Crippen LogP contribution in [0.25, 0.3) is 11.3 Å². The smallest absolute Gasteiger partial charge is 0.255 e. The van der Waals surface area contributed by atoms with Gasteiger partial charge in [-0.25, -0.2) is 0 Å². The molecule has 7 N–H and O–H groups in total. The minimum Gasteiger partial charge on any atom is -0.508 e. The third-order valence-corrected chi connectivity index (χ3v) is 6.61. The number of Topliss-reactive ketones (excluding diaryl/α,β-unsaturated/α-hetero) is 2. The zero-order valence-electron chi connectivity index (χ0n) is 17.2. The number of fused-ring (bicyclic) bond motifs is 3. The van der Waals surface area contributed by atoms with Gasteiger partial charge in [0, 0.05) is 5.92 Å². The van der Waals surface area contributed by atoms with Crippen LogP contribution in [0.4, 0.5) is 0 Å². The highest BCUT2D eigenvalue weighted by Gasteiger charge is 2.68. The van der Waals surface area contributed by atoms with Crippen LogP contribution in [0.15, 0.2) is 41.7 Å². The third kappa shape index (κ3) is 2.42. The predicted molar refractivity (Wildman–Crippen MR) is 111 cm³/mol. The Labute approximate surface area is 182 Å². The zero-order chi connectivity index (χ0) is 23.9. The second kappa shape index (κ2) is 6.76. The summed E-state index contributed by atoms with van der Waals surface area (Å²) >= 11 is 0. The largest absolute Gasteiger partial charge is 0.508 e. The molecular formula is C22H22N2O8. The van der Waals surface area contributed by atoms with Crippen molar-refractivity contribution < 1.29 is 39.9 Å². The minimum atomic E-state index is -2.94. The lowest BCUT2D eigenvalue weighted by Gasteiger charge is -2.52. The number of aliphatic hydroxyl groups is 4. The van der Waals surface area contributed by atoms with E-state index in [1.165, 1.54) is 37.2 Å². The van der Waals surface area contributed by atoms with E-state index >= 15 is 0 Å². The Morgan fingerprint density at radius 1 is 1.19 bits per heavy atom. The van der Waals surface area contributed by atoms with E-state index in [1.807, 2.05) is 0 Å². The maximum Gasteiger partial charge on any atom is 0.255 e. The standard InChI is InChI=1S/C22H22N2O8/c1-7-8-5-4-6-9(25)11(8)16(26)12-10(7)17(27)14-15(24(2)3)18(28)13(21(23)31)20(30)22(14,32)19(12)29/h4-6,10,14-15,17,25-27,30,32H,1H2,2-3H3,(H2,23,31)/t10-,14+,15+,17-,22+/m1/s1. The molecule has 168 valence electrons. The van der Waals surface area contributed by atoms with Crippen LogP contribution >= 0.6 is 0 Å². The van der Waals surface area contributed by atoms with Crippen molar-refractivity contribution in [3.8, 4) is 5.75 Å². The number of likely N-dealkylation sites (N-methyl/N-ethyl adjacent to an activating group) is 1. The zero-order valence-corrected chi connectivity index (χ0v) is 17.2. The average Bonchev–Trinajstić information content (AvgIpc) is 2.70. The summed E-state index contributed by atoms with van der Waals surface area (Å²) in [5.41, 5.74) is 1.16. The first-order valence-corrected chi connectivity index (χ1v) is 9.71. The predicted octanol–water partition coefficient (Wildman–Crippen LogP) is -0.594. The molecule has 0 saturated heterocycles. The molecule has 10 heteroatoms. The van der Waals surface area contributed by atoms with Gasteiger partial charge in [0.25, 0.3) is 5.91 Å². The number of primary amides is 1. The summed E-state index contributed by atoms with van der Waals surface area (Å²) < 4.78 is 0.